The highest BCUT2D eigenvalue weighted by Crippen LogP contribution is 2.43. The van der Waals surface area contributed by atoms with Crippen LogP contribution in [0.2, 0.25) is 5.02 Å². The van der Waals surface area contributed by atoms with Crippen molar-refractivity contribution in [2.75, 3.05) is 18.4 Å². The lowest BCUT2D eigenvalue weighted by molar-refractivity contribution is -0.114. The van der Waals surface area contributed by atoms with Crippen LogP contribution in [0.4, 0.5) is 5.69 Å². The molecular formula is C23H25ClN2O5S. The van der Waals surface area contributed by atoms with Gasteiger partial charge in [-0.25, -0.2) is 8.42 Å². The minimum Gasteiger partial charge on any atom is -0.486 e. The first-order valence-corrected chi connectivity index (χ1v) is 12.2. The van der Waals surface area contributed by atoms with Gasteiger partial charge in [0, 0.05) is 43.6 Å². The molecule has 0 bridgehead atoms. The number of ether oxygens (including phenoxy) is 1. The molecule has 0 saturated carbocycles. The minimum absolute atomic E-state index is 0.0180. The fraction of sp³-hybridized carbons (Fsp3) is 0.391. The highest BCUT2D eigenvalue weighted by molar-refractivity contribution is 7.89. The lowest BCUT2D eigenvalue weighted by Crippen LogP contribution is -2.52. The molecule has 32 heavy (non-hydrogen) atoms. The van der Waals surface area contributed by atoms with E-state index in [0.717, 1.165) is 11.1 Å². The summed E-state index contributed by atoms with van der Waals surface area (Å²) in [5.74, 6) is 0.291. The summed E-state index contributed by atoms with van der Waals surface area (Å²) >= 11 is 6.32. The molecular weight excluding hydrogens is 452 g/mol. The molecule has 2 aromatic rings. The highest BCUT2D eigenvalue weighted by Gasteiger charge is 2.45. The molecule has 2 heterocycles. The van der Waals surface area contributed by atoms with Gasteiger partial charge >= 0.3 is 0 Å². The second-order valence-electron chi connectivity index (χ2n) is 8.50. The van der Waals surface area contributed by atoms with Gasteiger partial charge in [-0.3, -0.25) is 9.59 Å². The van der Waals surface area contributed by atoms with E-state index in [-0.39, 0.29) is 36.1 Å². The Kier molecular flexibility index (Phi) is 5.81. The number of anilines is 1. The normalized spacial score (nSPS) is 18.2. The first-order valence-electron chi connectivity index (χ1n) is 10.4. The molecule has 1 amide bonds. The number of halogens is 1. The van der Waals surface area contributed by atoms with Gasteiger partial charge in [0.15, 0.2) is 5.78 Å². The second-order valence-corrected chi connectivity index (χ2v) is 10.8. The second kappa shape index (κ2) is 8.17. The Morgan fingerprint density at radius 1 is 1.16 bits per heavy atom. The van der Waals surface area contributed by atoms with Crippen LogP contribution in [0.15, 0.2) is 35.2 Å². The summed E-state index contributed by atoms with van der Waals surface area (Å²) in [4.78, 5) is 24.3. The van der Waals surface area contributed by atoms with Crippen molar-refractivity contribution < 1.29 is 22.7 Å². The van der Waals surface area contributed by atoms with Crippen LogP contribution < -0.4 is 10.1 Å². The van der Waals surface area contributed by atoms with Crippen LogP contribution in [-0.4, -0.2) is 43.1 Å². The van der Waals surface area contributed by atoms with Crippen LogP contribution in [0, 0.1) is 13.8 Å². The highest BCUT2D eigenvalue weighted by atomic mass is 35.5. The third-order valence-electron chi connectivity index (χ3n) is 6.18. The van der Waals surface area contributed by atoms with Crippen molar-refractivity contribution in [3.8, 4) is 5.75 Å². The average Bonchev–Trinajstić information content (AvgIpc) is 2.72. The maximum Gasteiger partial charge on any atom is 0.243 e. The number of nitrogens with one attached hydrogen (secondary N) is 1. The monoisotopic (exact) mass is 476 g/mol. The van der Waals surface area contributed by atoms with Gasteiger partial charge in [-0.15, -0.1) is 0 Å². The van der Waals surface area contributed by atoms with Crippen molar-refractivity contribution in [3.63, 3.8) is 0 Å². The standard InChI is InChI=1S/C23H25ClN2O5S/c1-14-12-20-21(15(2)22(14)24)19(28)13-23(31-20)8-10-26(11-9-23)32(29,30)18-6-4-17(5-7-18)25-16(3)27/h4-7,12H,8-11,13H2,1-3H3,(H,25,27). The van der Waals surface area contributed by atoms with Crippen molar-refractivity contribution in [1.29, 1.82) is 0 Å². The van der Waals surface area contributed by atoms with Gasteiger partial charge in [0.2, 0.25) is 15.9 Å². The molecule has 1 fully saturated rings. The van der Waals surface area contributed by atoms with Gasteiger partial charge in [-0.2, -0.15) is 4.31 Å². The molecule has 2 aliphatic heterocycles. The number of aryl methyl sites for hydroxylation is 1. The van der Waals surface area contributed by atoms with Crippen molar-refractivity contribution >= 4 is 39.0 Å². The summed E-state index contributed by atoms with van der Waals surface area (Å²) in [7, 11) is -3.69. The number of nitrogens with zero attached hydrogens (tertiary/aromatic N) is 1. The Morgan fingerprint density at radius 3 is 2.38 bits per heavy atom. The van der Waals surface area contributed by atoms with Crippen molar-refractivity contribution in [2.45, 2.75) is 50.5 Å². The van der Waals surface area contributed by atoms with Gasteiger partial charge in [-0.1, -0.05) is 11.6 Å². The topological polar surface area (TPSA) is 92.8 Å². The number of fused-ring (bicyclic) bond motifs is 1. The number of sulfonamides is 1. The van der Waals surface area contributed by atoms with E-state index in [9.17, 15) is 18.0 Å². The number of rotatable bonds is 3. The zero-order valence-corrected chi connectivity index (χ0v) is 19.8. The van der Waals surface area contributed by atoms with Gasteiger partial charge in [0.25, 0.3) is 0 Å². The third kappa shape index (κ3) is 4.02. The fourth-order valence-corrected chi connectivity index (χ4v) is 6.07. The quantitative estimate of drug-likeness (QED) is 0.719. The number of ketones is 1. The molecule has 0 aromatic heterocycles. The Bertz CT molecular complexity index is 1200. The lowest BCUT2D eigenvalue weighted by atomic mass is 9.82. The lowest BCUT2D eigenvalue weighted by Gasteiger charge is -2.43. The van der Waals surface area contributed by atoms with Crippen molar-refractivity contribution in [1.82, 2.24) is 4.31 Å². The molecule has 2 aromatic carbocycles. The summed E-state index contributed by atoms with van der Waals surface area (Å²) in [6.07, 6.45) is 1.05. The number of amides is 1. The zero-order valence-electron chi connectivity index (χ0n) is 18.2. The Hall–Kier alpha value is -2.42. The number of hydrogen-bond donors (Lipinski definition) is 1. The number of carbonyl (C=O) groups is 2. The number of Topliss-reactive ketones (excluding diaryl/α,β-unsaturated/α-hetero) is 1. The summed E-state index contributed by atoms with van der Waals surface area (Å²) in [5.41, 5.74) is 1.92. The summed E-state index contributed by atoms with van der Waals surface area (Å²) in [6, 6.07) is 7.89. The maximum absolute atomic E-state index is 13.1. The van der Waals surface area contributed by atoms with E-state index < -0.39 is 15.6 Å². The molecule has 0 unspecified atom stereocenters. The Labute approximate surface area is 192 Å². The smallest absolute Gasteiger partial charge is 0.243 e. The van der Waals surface area contributed by atoms with Crippen LogP contribution in [0.25, 0.3) is 0 Å². The zero-order chi connectivity index (χ0) is 23.3. The van der Waals surface area contributed by atoms with E-state index in [4.69, 9.17) is 16.3 Å². The molecule has 2 aliphatic rings. The number of benzene rings is 2. The predicted molar refractivity (Wildman–Crippen MR) is 122 cm³/mol. The van der Waals surface area contributed by atoms with Crippen LogP contribution in [0.5, 0.6) is 5.75 Å². The summed E-state index contributed by atoms with van der Waals surface area (Å²) in [5, 5.41) is 3.19. The molecule has 7 nitrogen and oxygen atoms in total. The Balaban J connectivity index is 1.51. The summed E-state index contributed by atoms with van der Waals surface area (Å²) < 4.78 is 33.9. The minimum atomic E-state index is -3.69. The van der Waals surface area contributed by atoms with Crippen molar-refractivity contribution in [3.05, 3.63) is 52.0 Å². The van der Waals surface area contributed by atoms with E-state index in [1.54, 1.807) is 18.2 Å². The molecule has 1 N–H and O–H groups in total. The van der Waals surface area contributed by atoms with Gasteiger partial charge in [0.05, 0.1) is 16.9 Å². The fourth-order valence-electron chi connectivity index (χ4n) is 4.48. The first-order chi connectivity index (χ1) is 15.0. The Morgan fingerprint density at radius 2 is 1.78 bits per heavy atom. The molecule has 0 radical (unpaired) electrons. The van der Waals surface area contributed by atoms with Crippen LogP contribution in [0.1, 0.15) is 47.7 Å². The molecule has 1 saturated heterocycles. The van der Waals surface area contributed by atoms with Crippen molar-refractivity contribution in [2.24, 2.45) is 0 Å². The number of hydrogen-bond acceptors (Lipinski definition) is 5. The largest absolute Gasteiger partial charge is 0.486 e. The van der Waals surface area contributed by atoms with E-state index >= 15 is 0 Å². The SMILES string of the molecule is CC(=O)Nc1ccc(S(=O)(=O)N2CCC3(CC2)CC(=O)c2c(cc(C)c(Cl)c2C)O3)cc1. The third-order valence-corrected chi connectivity index (χ3v) is 8.67. The first kappa shape index (κ1) is 22.8. The van der Waals surface area contributed by atoms with Gasteiger partial charge in [0.1, 0.15) is 11.4 Å². The predicted octanol–water partition coefficient (Wildman–Crippen LogP) is 4.10. The molecule has 0 atom stereocenters. The molecule has 9 heteroatoms. The number of carbonyl (C=O) groups excluding carboxylic acids is 2. The van der Waals surface area contributed by atoms with Gasteiger partial charge in [-0.05, 0) is 55.3 Å². The molecule has 1 spiro atoms. The van der Waals surface area contributed by atoms with E-state index in [1.807, 2.05) is 13.8 Å². The molecule has 170 valence electrons. The van der Waals surface area contributed by atoms with E-state index in [1.165, 1.54) is 23.4 Å². The number of piperidine rings is 1. The molecule has 0 aliphatic carbocycles. The van der Waals surface area contributed by atoms with Gasteiger partial charge < -0.3 is 10.1 Å². The van der Waals surface area contributed by atoms with Crippen LogP contribution >= 0.6 is 11.6 Å². The van der Waals surface area contributed by atoms with Crippen LogP contribution in [0.3, 0.4) is 0 Å². The van der Waals surface area contributed by atoms with Crippen LogP contribution in [-0.2, 0) is 14.8 Å². The molecule has 4 rings (SSSR count). The van der Waals surface area contributed by atoms with E-state index in [0.29, 0.717) is 34.9 Å². The average molecular weight is 477 g/mol. The maximum atomic E-state index is 13.1. The van der Waals surface area contributed by atoms with E-state index in [2.05, 4.69) is 5.32 Å². The summed E-state index contributed by atoms with van der Waals surface area (Å²) in [6.45, 7) is 5.59.